The quantitative estimate of drug-likeness (QED) is 0.673. The molecule has 0 saturated carbocycles. The molecule has 0 aliphatic carbocycles. The minimum atomic E-state index is 0.257. The van der Waals surface area contributed by atoms with Crippen LogP contribution in [0.25, 0.3) is 16.6 Å². The maximum atomic E-state index is 5.87. The third-order valence-electron chi connectivity index (χ3n) is 2.74. The molecule has 0 fully saturated rings. The van der Waals surface area contributed by atoms with Gasteiger partial charge in [-0.1, -0.05) is 6.07 Å². The number of hydrogen-bond acceptors (Lipinski definition) is 6. The van der Waals surface area contributed by atoms with Crippen LogP contribution in [0.1, 0.15) is 5.82 Å². The van der Waals surface area contributed by atoms with Gasteiger partial charge >= 0.3 is 0 Å². The minimum Gasteiger partial charge on any atom is -0.494 e. The fraction of sp³-hybridized carbons (Fsp3) is 0.182. The summed E-state index contributed by atoms with van der Waals surface area (Å²) in [6, 6.07) is 5.59. The Hall–Kier alpha value is -2.41. The van der Waals surface area contributed by atoms with Crippen molar-refractivity contribution in [3.63, 3.8) is 0 Å². The number of ether oxygens (including phenoxy) is 1. The van der Waals surface area contributed by atoms with Crippen LogP contribution in [0, 0.1) is 0 Å². The van der Waals surface area contributed by atoms with Crippen LogP contribution in [-0.4, -0.2) is 26.7 Å². The first-order valence-electron chi connectivity index (χ1n) is 5.42. The van der Waals surface area contributed by atoms with Gasteiger partial charge in [-0.05, 0) is 12.1 Å². The second-order valence-electron chi connectivity index (χ2n) is 3.79. The van der Waals surface area contributed by atoms with Gasteiger partial charge in [-0.3, -0.25) is 0 Å². The van der Waals surface area contributed by atoms with Gasteiger partial charge in [0, 0.05) is 5.39 Å². The second kappa shape index (κ2) is 3.81. The summed E-state index contributed by atoms with van der Waals surface area (Å²) < 4.78 is 6.75. The predicted molar refractivity (Wildman–Crippen MR) is 67.1 cm³/mol. The summed E-state index contributed by atoms with van der Waals surface area (Å²) in [6.07, 6.45) is 0. The maximum Gasteiger partial charge on any atom is 0.223 e. The van der Waals surface area contributed by atoms with Crippen LogP contribution >= 0.6 is 0 Å². The van der Waals surface area contributed by atoms with E-state index < -0.39 is 0 Å². The van der Waals surface area contributed by atoms with Crippen molar-refractivity contribution in [2.75, 3.05) is 12.8 Å². The zero-order valence-corrected chi connectivity index (χ0v) is 9.79. The van der Waals surface area contributed by atoms with Gasteiger partial charge in [-0.2, -0.15) is 4.52 Å². The number of benzene rings is 1. The Morgan fingerprint density at radius 3 is 2.89 bits per heavy atom. The van der Waals surface area contributed by atoms with Crippen molar-refractivity contribution >= 4 is 22.5 Å². The largest absolute Gasteiger partial charge is 0.494 e. The maximum absolute atomic E-state index is 5.87. The van der Waals surface area contributed by atoms with Crippen LogP contribution in [0.5, 0.6) is 5.75 Å². The second-order valence-corrected chi connectivity index (χ2v) is 3.79. The first-order chi connectivity index (χ1) is 8.74. The lowest BCUT2D eigenvalue weighted by molar-refractivity contribution is 0.419. The van der Waals surface area contributed by atoms with Gasteiger partial charge in [0.25, 0.3) is 0 Å². The number of para-hydroxylation sites is 1. The van der Waals surface area contributed by atoms with Crippen molar-refractivity contribution in [1.29, 1.82) is 0 Å². The van der Waals surface area contributed by atoms with Crippen LogP contribution in [0.3, 0.4) is 0 Å². The van der Waals surface area contributed by atoms with Crippen molar-refractivity contribution in [2.45, 2.75) is 6.54 Å². The Morgan fingerprint density at radius 1 is 1.33 bits per heavy atom. The third kappa shape index (κ3) is 1.37. The third-order valence-corrected chi connectivity index (χ3v) is 2.74. The van der Waals surface area contributed by atoms with Crippen molar-refractivity contribution in [3.05, 3.63) is 24.0 Å². The molecule has 0 radical (unpaired) electrons. The van der Waals surface area contributed by atoms with Gasteiger partial charge in [-0.15, -0.1) is 5.10 Å². The molecule has 18 heavy (non-hydrogen) atoms. The normalized spacial score (nSPS) is 11.2. The molecule has 1 aromatic carbocycles. The predicted octanol–water partition coefficient (Wildman–Crippen LogP) is 0.327. The van der Waals surface area contributed by atoms with Crippen molar-refractivity contribution < 1.29 is 4.74 Å². The number of rotatable bonds is 2. The van der Waals surface area contributed by atoms with E-state index in [1.807, 2.05) is 18.2 Å². The molecule has 4 N–H and O–H groups in total. The number of nitrogen functional groups attached to an aromatic ring is 1. The molecule has 0 aliphatic rings. The van der Waals surface area contributed by atoms with E-state index in [2.05, 4.69) is 15.1 Å². The molecule has 0 unspecified atom stereocenters. The highest BCUT2D eigenvalue weighted by atomic mass is 16.5. The lowest BCUT2D eigenvalue weighted by Gasteiger charge is -2.06. The molecular weight excluding hydrogens is 232 g/mol. The molecule has 0 spiro atoms. The zero-order valence-electron chi connectivity index (χ0n) is 9.79. The fourth-order valence-corrected chi connectivity index (χ4v) is 1.92. The lowest BCUT2D eigenvalue weighted by Crippen LogP contribution is -2.04. The topological polar surface area (TPSA) is 104 Å². The molecule has 0 atom stereocenters. The highest BCUT2D eigenvalue weighted by molar-refractivity contribution is 5.95. The molecule has 7 nitrogen and oxygen atoms in total. The van der Waals surface area contributed by atoms with E-state index in [0.717, 1.165) is 5.39 Å². The van der Waals surface area contributed by atoms with Crippen molar-refractivity contribution in [1.82, 2.24) is 19.6 Å². The summed E-state index contributed by atoms with van der Waals surface area (Å²) in [7, 11) is 1.59. The molecule has 0 aliphatic heterocycles. The lowest BCUT2D eigenvalue weighted by atomic mass is 10.2. The van der Waals surface area contributed by atoms with E-state index in [1.54, 1.807) is 7.11 Å². The van der Waals surface area contributed by atoms with E-state index in [0.29, 0.717) is 22.7 Å². The van der Waals surface area contributed by atoms with Crippen LogP contribution < -0.4 is 16.2 Å². The Kier molecular flexibility index (Phi) is 2.27. The first-order valence-corrected chi connectivity index (χ1v) is 5.42. The van der Waals surface area contributed by atoms with Gasteiger partial charge in [0.2, 0.25) is 5.95 Å². The van der Waals surface area contributed by atoms with E-state index in [1.165, 1.54) is 4.52 Å². The SMILES string of the molecule is COc1cccc2c1nc(N)n1nc(CN)nc21. The summed E-state index contributed by atoms with van der Waals surface area (Å²) >= 11 is 0. The molecule has 3 aromatic rings. The van der Waals surface area contributed by atoms with Crippen LogP contribution in [0.4, 0.5) is 5.95 Å². The Morgan fingerprint density at radius 2 is 2.17 bits per heavy atom. The molecule has 2 heterocycles. The number of nitrogens with zero attached hydrogens (tertiary/aromatic N) is 4. The van der Waals surface area contributed by atoms with E-state index in [9.17, 15) is 0 Å². The smallest absolute Gasteiger partial charge is 0.223 e. The molecule has 2 aromatic heterocycles. The van der Waals surface area contributed by atoms with Crippen LogP contribution in [0.15, 0.2) is 18.2 Å². The van der Waals surface area contributed by atoms with Crippen LogP contribution in [-0.2, 0) is 6.54 Å². The standard InChI is InChI=1S/C11H12N6O/c1-18-7-4-2-3-6-9(7)15-11(13)17-10(6)14-8(5-12)16-17/h2-4H,5,12H2,1H3,(H2,13,15). The summed E-state index contributed by atoms with van der Waals surface area (Å²) in [6.45, 7) is 0.257. The average Bonchev–Trinajstić information content (AvgIpc) is 2.83. The highest BCUT2D eigenvalue weighted by Crippen LogP contribution is 2.27. The fourth-order valence-electron chi connectivity index (χ4n) is 1.92. The van der Waals surface area contributed by atoms with Gasteiger partial charge in [0.05, 0.1) is 13.7 Å². The molecule has 0 amide bonds. The number of anilines is 1. The van der Waals surface area contributed by atoms with Crippen molar-refractivity contribution in [2.24, 2.45) is 5.73 Å². The Labute approximate surface area is 102 Å². The van der Waals surface area contributed by atoms with Gasteiger partial charge in [0.1, 0.15) is 11.3 Å². The van der Waals surface area contributed by atoms with Crippen LogP contribution in [0.2, 0.25) is 0 Å². The van der Waals surface area contributed by atoms with Gasteiger partial charge < -0.3 is 16.2 Å². The van der Waals surface area contributed by atoms with Gasteiger partial charge in [-0.25, -0.2) is 9.97 Å². The number of methoxy groups -OCH3 is 1. The molecule has 7 heteroatoms. The summed E-state index contributed by atoms with van der Waals surface area (Å²) in [5.74, 6) is 1.44. The Balaban J connectivity index is 2.49. The first kappa shape index (κ1) is 10.7. The number of nitrogens with two attached hydrogens (primary N) is 2. The molecule has 92 valence electrons. The highest BCUT2D eigenvalue weighted by Gasteiger charge is 2.13. The Bertz CT molecular complexity index is 735. The van der Waals surface area contributed by atoms with E-state index in [4.69, 9.17) is 16.2 Å². The number of hydrogen-bond donors (Lipinski definition) is 2. The molecular formula is C11H12N6O. The molecule has 3 rings (SSSR count). The van der Waals surface area contributed by atoms with Crippen molar-refractivity contribution in [3.8, 4) is 5.75 Å². The van der Waals surface area contributed by atoms with E-state index in [-0.39, 0.29) is 12.5 Å². The zero-order chi connectivity index (χ0) is 12.7. The summed E-state index contributed by atoms with van der Waals surface area (Å²) in [5, 5.41) is 5.02. The minimum absolute atomic E-state index is 0.257. The summed E-state index contributed by atoms with van der Waals surface area (Å²) in [4.78, 5) is 8.64. The number of fused-ring (bicyclic) bond motifs is 3. The number of aromatic nitrogens is 4. The van der Waals surface area contributed by atoms with Gasteiger partial charge in [0.15, 0.2) is 11.5 Å². The van der Waals surface area contributed by atoms with E-state index >= 15 is 0 Å². The monoisotopic (exact) mass is 244 g/mol. The average molecular weight is 244 g/mol. The molecule has 0 bridgehead atoms. The summed E-state index contributed by atoms with van der Waals surface area (Å²) in [5.41, 5.74) is 12.7. The molecule has 0 saturated heterocycles.